The molecule has 1 aliphatic heterocycles. The first-order valence-corrected chi connectivity index (χ1v) is 10.7. The minimum Gasteiger partial charge on any atom is -0.441 e. The van der Waals surface area contributed by atoms with E-state index in [9.17, 15) is 4.79 Å². The molecule has 0 spiro atoms. The lowest BCUT2D eigenvalue weighted by molar-refractivity contribution is 0.0502. The third-order valence-electron chi connectivity index (χ3n) is 5.58. The van der Waals surface area contributed by atoms with Crippen molar-refractivity contribution in [1.82, 2.24) is 9.88 Å². The molecule has 1 aromatic heterocycles. The Kier molecular flexibility index (Phi) is 6.37. The molecule has 2 heterocycles. The van der Waals surface area contributed by atoms with Crippen molar-refractivity contribution in [3.63, 3.8) is 0 Å². The molecule has 3 aromatic rings. The number of benzene rings is 2. The molecule has 31 heavy (non-hydrogen) atoms. The molecule has 1 fully saturated rings. The number of ether oxygens (including phenoxy) is 1. The van der Waals surface area contributed by atoms with Crippen molar-refractivity contribution in [2.24, 2.45) is 0 Å². The molecule has 0 aliphatic carbocycles. The highest BCUT2D eigenvalue weighted by molar-refractivity contribution is 5.93. The smallest absolute Gasteiger partial charge is 0.276 e. The van der Waals surface area contributed by atoms with Crippen LogP contribution < -0.4 is 4.90 Å². The van der Waals surface area contributed by atoms with Crippen LogP contribution in [0.1, 0.15) is 34.7 Å². The van der Waals surface area contributed by atoms with Crippen LogP contribution in [-0.4, -0.2) is 49.1 Å². The third-order valence-corrected chi connectivity index (χ3v) is 5.58. The Morgan fingerprint density at radius 1 is 1.10 bits per heavy atom. The molecule has 0 bridgehead atoms. The van der Waals surface area contributed by atoms with Crippen LogP contribution in [-0.2, 0) is 11.3 Å². The Labute approximate surface area is 183 Å². The molecule has 0 radical (unpaired) electrons. The summed E-state index contributed by atoms with van der Waals surface area (Å²) >= 11 is 0. The highest BCUT2D eigenvalue weighted by Gasteiger charge is 2.27. The van der Waals surface area contributed by atoms with Crippen LogP contribution in [0.25, 0.3) is 11.5 Å². The van der Waals surface area contributed by atoms with E-state index < -0.39 is 0 Å². The fraction of sp³-hybridized carbons (Fsp3) is 0.360. The quantitative estimate of drug-likeness (QED) is 0.563. The van der Waals surface area contributed by atoms with E-state index >= 15 is 0 Å². The second-order valence-corrected chi connectivity index (χ2v) is 8.17. The van der Waals surface area contributed by atoms with E-state index in [0.29, 0.717) is 30.4 Å². The van der Waals surface area contributed by atoms with Crippen LogP contribution >= 0.6 is 0 Å². The number of nitrogens with zero attached hydrogens (tertiary/aromatic N) is 3. The maximum absolute atomic E-state index is 13.5. The number of hydrogen-bond acceptors (Lipinski definition) is 5. The lowest BCUT2D eigenvalue weighted by atomic mass is 10.1. The summed E-state index contributed by atoms with van der Waals surface area (Å²) in [6.07, 6.45) is 2.06. The van der Waals surface area contributed by atoms with Crippen molar-refractivity contribution in [3.05, 3.63) is 71.6 Å². The molecule has 0 saturated carbocycles. The standard InChI is InChI=1S/C25H29N3O3/c1-18-23(26-24(31-18)20-8-5-4-6-9-20)25(29)28(17-22-10-7-15-30-22)16-19-11-13-21(14-12-19)27(2)3/h4-6,8-9,11-14,22H,7,10,15-17H2,1-3H3. The summed E-state index contributed by atoms with van der Waals surface area (Å²) in [6, 6.07) is 17.9. The summed E-state index contributed by atoms with van der Waals surface area (Å²) < 4.78 is 11.7. The molecular weight excluding hydrogens is 390 g/mol. The number of carbonyl (C=O) groups is 1. The van der Waals surface area contributed by atoms with Crippen LogP contribution in [0.5, 0.6) is 0 Å². The molecule has 1 saturated heterocycles. The summed E-state index contributed by atoms with van der Waals surface area (Å²) in [5, 5.41) is 0. The number of amides is 1. The number of oxazole rings is 1. The SMILES string of the molecule is Cc1oc(-c2ccccc2)nc1C(=O)N(Cc1ccc(N(C)C)cc1)CC1CCCO1. The molecule has 4 rings (SSSR count). The average Bonchev–Trinajstić information content (AvgIpc) is 3.43. The summed E-state index contributed by atoms with van der Waals surface area (Å²) in [5.41, 5.74) is 3.42. The number of aryl methyl sites for hydroxylation is 1. The highest BCUT2D eigenvalue weighted by atomic mass is 16.5. The van der Waals surface area contributed by atoms with E-state index in [-0.39, 0.29) is 12.0 Å². The Bertz CT molecular complexity index is 1010. The van der Waals surface area contributed by atoms with Crippen molar-refractivity contribution >= 4 is 11.6 Å². The van der Waals surface area contributed by atoms with Gasteiger partial charge in [-0.2, -0.15) is 0 Å². The molecule has 162 valence electrons. The minimum absolute atomic E-state index is 0.0609. The van der Waals surface area contributed by atoms with Gasteiger partial charge in [-0.15, -0.1) is 0 Å². The molecule has 1 unspecified atom stereocenters. The van der Waals surface area contributed by atoms with E-state index in [2.05, 4.69) is 34.1 Å². The van der Waals surface area contributed by atoms with Gasteiger partial charge >= 0.3 is 0 Å². The number of anilines is 1. The van der Waals surface area contributed by atoms with Gasteiger partial charge in [0.05, 0.1) is 6.10 Å². The minimum atomic E-state index is -0.129. The highest BCUT2D eigenvalue weighted by Crippen LogP contribution is 2.24. The van der Waals surface area contributed by atoms with Gasteiger partial charge in [-0.25, -0.2) is 4.98 Å². The Hall–Kier alpha value is -3.12. The van der Waals surface area contributed by atoms with Gasteiger partial charge in [0.1, 0.15) is 5.76 Å². The van der Waals surface area contributed by atoms with Crippen molar-refractivity contribution < 1.29 is 13.9 Å². The maximum Gasteiger partial charge on any atom is 0.276 e. The first kappa shape index (κ1) is 21.1. The van der Waals surface area contributed by atoms with Crippen molar-refractivity contribution in [1.29, 1.82) is 0 Å². The summed E-state index contributed by atoms with van der Waals surface area (Å²) in [7, 11) is 4.03. The van der Waals surface area contributed by atoms with Gasteiger partial charge in [-0.3, -0.25) is 4.79 Å². The molecule has 6 heteroatoms. The zero-order chi connectivity index (χ0) is 21.8. The lowest BCUT2D eigenvalue weighted by Crippen LogP contribution is -2.37. The first-order chi connectivity index (χ1) is 15.0. The number of carbonyl (C=O) groups excluding carboxylic acids is 1. The zero-order valence-electron chi connectivity index (χ0n) is 18.4. The largest absolute Gasteiger partial charge is 0.441 e. The Morgan fingerprint density at radius 2 is 1.84 bits per heavy atom. The number of aromatic nitrogens is 1. The molecule has 2 aromatic carbocycles. The predicted molar refractivity (Wildman–Crippen MR) is 121 cm³/mol. The number of rotatable bonds is 7. The average molecular weight is 420 g/mol. The van der Waals surface area contributed by atoms with Crippen molar-refractivity contribution in [3.8, 4) is 11.5 Å². The van der Waals surface area contributed by atoms with Crippen LogP contribution in [0, 0.1) is 6.92 Å². The second-order valence-electron chi connectivity index (χ2n) is 8.17. The van der Waals surface area contributed by atoms with E-state index in [1.54, 1.807) is 6.92 Å². The summed E-state index contributed by atoms with van der Waals surface area (Å²) in [4.78, 5) is 22.0. The number of hydrogen-bond donors (Lipinski definition) is 0. The molecule has 1 atom stereocenters. The van der Waals surface area contributed by atoms with E-state index in [1.165, 1.54) is 0 Å². The van der Waals surface area contributed by atoms with Gasteiger partial charge in [0, 0.05) is 45.0 Å². The summed E-state index contributed by atoms with van der Waals surface area (Å²) in [6.45, 7) is 3.59. The van der Waals surface area contributed by atoms with Gasteiger partial charge in [-0.1, -0.05) is 30.3 Å². The Balaban J connectivity index is 1.58. The maximum atomic E-state index is 13.5. The van der Waals surface area contributed by atoms with Crippen LogP contribution in [0.2, 0.25) is 0 Å². The monoisotopic (exact) mass is 419 g/mol. The van der Waals surface area contributed by atoms with Crippen LogP contribution in [0.3, 0.4) is 0 Å². The fourth-order valence-corrected chi connectivity index (χ4v) is 3.82. The molecule has 0 N–H and O–H groups in total. The van der Waals surface area contributed by atoms with Gasteiger partial charge < -0.3 is 19.0 Å². The normalized spacial score (nSPS) is 15.8. The zero-order valence-corrected chi connectivity index (χ0v) is 18.4. The van der Waals surface area contributed by atoms with Gasteiger partial charge in [-0.05, 0) is 49.6 Å². The van der Waals surface area contributed by atoms with Crippen LogP contribution in [0.4, 0.5) is 5.69 Å². The van der Waals surface area contributed by atoms with Crippen LogP contribution in [0.15, 0.2) is 59.0 Å². The lowest BCUT2D eigenvalue weighted by Gasteiger charge is -2.25. The second kappa shape index (κ2) is 9.35. The molecule has 1 aliphatic rings. The predicted octanol–water partition coefficient (Wildman–Crippen LogP) is 4.54. The van der Waals surface area contributed by atoms with Gasteiger partial charge in [0.2, 0.25) is 5.89 Å². The van der Waals surface area contributed by atoms with E-state index in [0.717, 1.165) is 36.3 Å². The fourth-order valence-electron chi connectivity index (χ4n) is 3.82. The molecular formula is C25H29N3O3. The van der Waals surface area contributed by atoms with Gasteiger partial charge in [0.15, 0.2) is 5.69 Å². The summed E-state index contributed by atoms with van der Waals surface area (Å²) in [5.74, 6) is 0.869. The third kappa shape index (κ3) is 4.97. The topological polar surface area (TPSA) is 58.8 Å². The molecule has 1 amide bonds. The molecule has 6 nitrogen and oxygen atoms in total. The van der Waals surface area contributed by atoms with Gasteiger partial charge in [0.25, 0.3) is 5.91 Å². The van der Waals surface area contributed by atoms with Crippen molar-refractivity contribution in [2.75, 3.05) is 32.1 Å². The van der Waals surface area contributed by atoms with Crippen molar-refractivity contribution in [2.45, 2.75) is 32.4 Å². The van der Waals surface area contributed by atoms with E-state index in [1.807, 2.05) is 49.3 Å². The first-order valence-electron chi connectivity index (χ1n) is 10.7. The van der Waals surface area contributed by atoms with E-state index in [4.69, 9.17) is 9.15 Å². The Morgan fingerprint density at radius 3 is 2.48 bits per heavy atom.